The van der Waals surface area contributed by atoms with E-state index in [1.165, 1.54) is 63.4 Å². The quantitative estimate of drug-likeness (QED) is 0.236. The van der Waals surface area contributed by atoms with E-state index in [9.17, 15) is 4.79 Å². The molecule has 3 heteroatoms. The summed E-state index contributed by atoms with van der Waals surface area (Å²) in [6.07, 6.45) is 17.0. The third-order valence-corrected chi connectivity index (χ3v) is 11.0. The lowest BCUT2D eigenvalue weighted by Crippen LogP contribution is -2.54. The molecule has 34 heavy (non-hydrogen) atoms. The van der Waals surface area contributed by atoms with Crippen molar-refractivity contribution in [2.24, 2.45) is 39.7 Å². The molecule has 4 rings (SSSR count). The number of carbonyl (C=O) groups is 1. The summed E-state index contributed by atoms with van der Waals surface area (Å²) in [5.41, 5.74) is 11.6. The Hall–Kier alpha value is -1.09. The molecule has 0 amide bonds. The van der Waals surface area contributed by atoms with Crippen LogP contribution in [0.4, 0.5) is 0 Å². The van der Waals surface area contributed by atoms with Crippen LogP contribution in [-0.2, 0) is 9.53 Å². The van der Waals surface area contributed by atoms with E-state index in [0.29, 0.717) is 24.3 Å². The summed E-state index contributed by atoms with van der Waals surface area (Å²) in [7, 11) is 0. The maximum atomic E-state index is 12.3. The van der Waals surface area contributed by atoms with Crippen LogP contribution in [0.25, 0.3) is 0 Å². The largest absolute Gasteiger partial charge is 0.462 e. The molecule has 6 unspecified atom stereocenters. The van der Waals surface area contributed by atoms with E-state index in [0.717, 1.165) is 24.7 Å². The molecule has 0 radical (unpaired) electrons. The van der Waals surface area contributed by atoms with E-state index >= 15 is 0 Å². The van der Waals surface area contributed by atoms with Gasteiger partial charge in [0.05, 0.1) is 6.42 Å². The number of hydrogen-bond acceptors (Lipinski definition) is 3. The molecule has 4 aliphatic carbocycles. The molecule has 0 spiro atoms. The minimum Gasteiger partial charge on any atom is -0.462 e. The zero-order valence-corrected chi connectivity index (χ0v) is 23.0. The number of nitrogens with two attached hydrogens (primary N) is 1. The van der Waals surface area contributed by atoms with Gasteiger partial charge in [-0.2, -0.15) is 0 Å². The first-order valence-corrected chi connectivity index (χ1v) is 14.3. The summed E-state index contributed by atoms with van der Waals surface area (Å²) in [5, 5.41) is 0. The molecule has 0 aromatic carbocycles. The number of carbonyl (C=O) groups excluding carboxylic acids is 1. The molecule has 2 saturated carbocycles. The Morgan fingerprint density at radius 3 is 2.53 bits per heavy atom. The maximum absolute atomic E-state index is 12.3. The van der Waals surface area contributed by atoms with E-state index in [1.54, 1.807) is 0 Å². The molecule has 0 heterocycles. The lowest BCUT2D eigenvalue weighted by molar-refractivity contribution is -0.169. The van der Waals surface area contributed by atoms with Crippen molar-refractivity contribution in [3.05, 3.63) is 22.8 Å². The summed E-state index contributed by atoms with van der Waals surface area (Å²) in [6.45, 7) is 14.8. The van der Waals surface area contributed by atoms with Gasteiger partial charge in [0.15, 0.2) is 0 Å². The van der Waals surface area contributed by atoms with Gasteiger partial charge in [0, 0.05) is 12.0 Å². The van der Waals surface area contributed by atoms with Gasteiger partial charge in [-0.1, -0.05) is 50.5 Å². The van der Waals surface area contributed by atoms with Crippen LogP contribution in [0.15, 0.2) is 22.8 Å². The standard InChI is InChI=1S/C31H51NO2/c1-21(2)9-7-8-10-22-11-13-24-23-12-14-26-29(3,4)27(34-28(33)17-20-32)16-19-31(26,6)25(23)15-18-30(22,24)5/h9,22,24,26-27H,7-8,10-20,32H2,1-6H3. The molecule has 3 nitrogen and oxygen atoms in total. The molecule has 4 aliphatic rings. The first-order chi connectivity index (χ1) is 16.0. The number of hydrogen-bond donors (Lipinski definition) is 1. The van der Waals surface area contributed by atoms with Gasteiger partial charge >= 0.3 is 5.97 Å². The van der Waals surface area contributed by atoms with Crippen LogP contribution >= 0.6 is 0 Å². The van der Waals surface area contributed by atoms with Crippen LogP contribution in [0.5, 0.6) is 0 Å². The first kappa shape index (κ1) is 26.0. The normalized spacial score (nSPS) is 38.6. The van der Waals surface area contributed by atoms with E-state index in [4.69, 9.17) is 10.5 Å². The smallest absolute Gasteiger partial charge is 0.307 e. The zero-order chi connectivity index (χ0) is 24.7. The second-order valence-corrected chi connectivity index (χ2v) is 13.4. The number of fused-ring (bicyclic) bond motifs is 4. The third kappa shape index (κ3) is 4.44. The third-order valence-electron chi connectivity index (χ3n) is 11.0. The zero-order valence-electron chi connectivity index (χ0n) is 23.0. The summed E-state index contributed by atoms with van der Waals surface area (Å²) < 4.78 is 6.00. The number of ether oxygens (including phenoxy) is 1. The van der Waals surface area contributed by atoms with E-state index < -0.39 is 0 Å². The molecule has 0 saturated heterocycles. The molecular weight excluding hydrogens is 418 g/mol. The van der Waals surface area contributed by atoms with Crippen molar-refractivity contribution in [3.8, 4) is 0 Å². The fraction of sp³-hybridized carbons (Fsp3) is 0.839. The van der Waals surface area contributed by atoms with Gasteiger partial charge in [-0.15, -0.1) is 0 Å². The van der Waals surface area contributed by atoms with Crippen LogP contribution in [0.2, 0.25) is 0 Å². The molecule has 192 valence electrons. The molecule has 0 bridgehead atoms. The van der Waals surface area contributed by atoms with Gasteiger partial charge in [0.1, 0.15) is 6.10 Å². The highest BCUT2D eigenvalue weighted by atomic mass is 16.5. The van der Waals surface area contributed by atoms with Crippen LogP contribution < -0.4 is 5.73 Å². The van der Waals surface area contributed by atoms with Crippen LogP contribution in [0.1, 0.15) is 119 Å². The van der Waals surface area contributed by atoms with Crippen LogP contribution in [0, 0.1) is 34.0 Å². The van der Waals surface area contributed by atoms with Crippen LogP contribution in [-0.4, -0.2) is 18.6 Å². The SMILES string of the molecule is CC(C)=CCCCC1CCC2C3=C(CCC12C)C1(C)CCC(OC(=O)CCN)C(C)(C)C1CC3. The van der Waals surface area contributed by atoms with Gasteiger partial charge in [-0.3, -0.25) is 4.79 Å². The fourth-order valence-corrected chi connectivity index (χ4v) is 9.15. The highest BCUT2D eigenvalue weighted by Gasteiger charge is 2.59. The van der Waals surface area contributed by atoms with Crippen molar-refractivity contribution in [1.82, 2.24) is 0 Å². The molecular formula is C31H51NO2. The van der Waals surface area contributed by atoms with Crippen molar-refractivity contribution in [2.45, 2.75) is 125 Å². The summed E-state index contributed by atoms with van der Waals surface area (Å²) in [6, 6.07) is 0. The summed E-state index contributed by atoms with van der Waals surface area (Å²) in [5.74, 6) is 2.19. The molecule has 2 fully saturated rings. The van der Waals surface area contributed by atoms with E-state index in [2.05, 4.69) is 47.6 Å². The van der Waals surface area contributed by atoms with Crippen molar-refractivity contribution in [2.75, 3.05) is 6.54 Å². The van der Waals surface area contributed by atoms with Gasteiger partial charge in [0.25, 0.3) is 0 Å². The van der Waals surface area contributed by atoms with Gasteiger partial charge in [-0.05, 0) is 113 Å². The Bertz CT molecular complexity index is 834. The minimum atomic E-state index is -0.116. The molecule has 0 aromatic heterocycles. The lowest BCUT2D eigenvalue weighted by atomic mass is 9.46. The molecule has 0 aliphatic heterocycles. The number of unbranched alkanes of at least 4 members (excludes halogenated alkanes) is 1. The number of allylic oxidation sites excluding steroid dienone is 4. The summed E-state index contributed by atoms with van der Waals surface area (Å²) >= 11 is 0. The van der Waals surface area contributed by atoms with E-state index in [-0.39, 0.29) is 22.9 Å². The average Bonchev–Trinajstić information content (AvgIpc) is 3.10. The highest BCUT2D eigenvalue weighted by molar-refractivity contribution is 5.69. The second-order valence-electron chi connectivity index (χ2n) is 13.4. The van der Waals surface area contributed by atoms with Gasteiger partial charge in [-0.25, -0.2) is 0 Å². The Labute approximate surface area is 209 Å². The van der Waals surface area contributed by atoms with E-state index in [1.807, 2.05) is 11.1 Å². The summed E-state index contributed by atoms with van der Waals surface area (Å²) in [4.78, 5) is 12.3. The second kappa shape index (κ2) is 9.75. The predicted octanol–water partition coefficient (Wildman–Crippen LogP) is 7.74. The first-order valence-electron chi connectivity index (χ1n) is 14.3. The molecule has 0 aromatic rings. The van der Waals surface area contributed by atoms with Gasteiger partial charge in [0.2, 0.25) is 0 Å². The molecule has 2 N–H and O–H groups in total. The Balaban J connectivity index is 1.52. The van der Waals surface area contributed by atoms with Crippen molar-refractivity contribution >= 4 is 5.97 Å². The molecule has 6 atom stereocenters. The fourth-order valence-electron chi connectivity index (χ4n) is 9.15. The van der Waals surface area contributed by atoms with Crippen molar-refractivity contribution in [3.63, 3.8) is 0 Å². The monoisotopic (exact) mass is 469 g/mol. The predicted molar refractivity (Wildman–Crippen MR) is 141 cm³/mol. The minimum absolute atomic E-state index is 0.0136. The van der Waals surface area contributed by atoms with Crippen molar-refractivity contribution < 1.29 is 9.53 Å². The Morgan fingerprint density at radius 1 is 1.06 bits per heavy atom. The van der Waals surface area contributed by atoms with Crippen molar-refractivity contribution in [1.29, 1.82) is 0 Å². The average molecular weight is 470 g/mol. The van der Waals surface area contributed by atoms with Gasteiger partial charge < -0.3 is 10.5 Å². The lowest BCUT2D eigenvalue weighted by Gasteiger charge is -2.60. The topological polar surface area (TPSA) is 52.3 Å². The number of esters is 1. The number of rotatable bonds is 7. The maximum Gasteiger partial charge on any atom is 0.307 e. The Morgan fingerprint density at radius 2 is 1.82 bits per heavy atom. The Kier molecular flexibility index (Phi) is 7.45. The van der Waals surface area contributed by atoms with Crippen LogP contribution in [0.3, 0.4) is 0 Å². The highest BCUT2D eigenvalue weighted by Crippen LogP contribution is 2.67.